The molecule has 1 saturated carbocycles. The number of nitrogens with one attached hydrogen (secondary N) is 1. The Morgan fingerprint density at radius 3 is 2.56 bits per heavy atom. The quantitative estimate of drug-likeness (QED) is 0.536. The van der Waals surface area contributed by atoms with Gasteiger partial charge in [0.15, 0.2) is 5.82 Å². The number of piperazine rings is 1. The summed E-state index contributed by atoms with van der Waals surface area (Å²) in [5.74, 6) is 1.45. The predicted octanol–water partition coefficient (Wildman–Crippen LogP) is 3.71. The highest BCUT2D eigenvalue weighted by Crippen LogP contribution is 2.32. The molecule has 9 nitrogen and oxygen atoms in total. The number of aromatic amines is 1. The second-order valence-corrected chi connectivity index (χ2v) is 10.9. The van der Waals surface area contributed by atoms with Crippen LogP contribution >= 0.6 is 0 Å². The molecule has 3 heterocycles. The minimum atomic E-state index is -0.324. The second kappa shape index (κ2) is 10.3. The Hall–Kier alpha value is -2.78. The molecule has 1 saturated heterocycles. The number of rotatable bonds is 7. The van der Waals surface area contributed by atoms with Gasteiger partial charge in [-0.2, -0.15) is 0 Å². The SMILES string of the molecule is CCC(C)(C)n1nnnc1[C@@H](c1cc2ccc(OC)cc2[nH]c1=O)N1CCN(C2CCCCC2)CC1. The fourth-order valence-corrected chi connectivity index (χ4v) is 5.78. The molecule has 1 aliphatic heterocycles. The number of benzene rings is 1. The van der Waals surface area contributed by atoms with Gasteiger partial charge in [0.1, 0.15) is 11.8 Å². The zero-order valence-corrected chi connectivity index (χ0v) is 22.0. The van der Waals surface area contributed by atoms with Crippen LogP contribution in [-0.2, 0) is 5.54 Å². The molecule has 3 aromatic rings. The number of hydrogen-bond donors (Lipinski definition) is 1. The summed E-state index contributed by atoms with van der Waals surface area (Å²) in [6.07, 6.45) is 7.53. The van der Waals surface area contributed by atoms with Crippen molar-refractivity contribution in [1.29, 1.82) is 0 Å². The summed E-state index contributed by atoms with van der Waals surface area (Å²) in [4.78, 5) is 21.7. The number of methoxy groups -OCH3 is 1. The Labute approximate surface area is 212 Å². The minimum Gasteiger partial charge on any atom is -0.497 e. The Morgan fingerprint density at radius 1 is 1.11 bits per heavy atom. The molecule has 194 valence electrons. The Balaban J connectivity index is 1.53. The van der Waals surface area contributed by atoms with E-state index in [1.807, 2.05) is 28.9 Å². The van der Waals surface area contributed by atoms with Gasteiger partial charge in [-0.3, -0.25) is 14.6 Å². The Morgan fingerprint density at radius 2 is 1.86 bits per heavy atom. The summed E-state index contributed by atoms with van der Waals surface area (Å²) in [5.41, 5.74) is 1.07. The van der Waals surface area contributed by atoms with Crippen molar-refractivity contribution in [2.75, 3.05) is 33.3 Å². The summed E-state index contributed by atoms with van der Waals surface area (Å²) in [5, 5.41) is 13.9. The van der Waals surface area contributed by atoms with Crippen LogP contribution in [0.1, 0.15) is 76.7 Å². The van der Waals surface area contributed by atoms with E-state index in [1.54, 1.807) is 7.11 Å². The molecule has 5 rings (SSSR count). The van der Waals surface area contributed by atoms with Crippen molar-refractivity contribution in [2.24, 2.45) is 0 Å². The van der Waals surface area contributed by atoms with Crippen LogP contribution in [-0.4, -0.2) is 74.3 Å². The summed E-state index contributed by atoms with van der Waals surface area (Å²) >= 11 is 0. The molecule has 0 amide bonds. The van der Waals surface area contributed by atoms with Crippen LogP contribution < -0.4 is 10.3 Å². The second-order valence-electron chi connectivity index (χ2n) is 10.9. The van der Waals surface area contributed by atoms with Gasteiger partial charge in [0, 0.05) is 43.9 Å². The molecule has 1 N–H and O–H groups in total. The summed E-state index contributed by atoms with van der Waals surface area (Å²) < 4.78 is 7.27. The maximum atomic E-state index is 13.5. The molecule has 2 fully saturated rings. The summed E-state index contributed by atoms with van der Waals surface area (Å²) in [6, 6.07) is 8.15. The molecular weight excluding hydrogens is 454 g/mol. The standard InChI is InChI=1S/C27H39N7O2/c1-5-27(2,3)34-25(29-30-31-34)24(33-15-13-32(14-16-33)20-9-7-6-8-10-20)22-17-19-11-12-21(36-4)18-23(19)28-26(22)35/h11-12,17-18,20,24H,5-10,13-16H2,1-4H3,(H,28,35)/t24-/m1/s1. The van der Waals surface area contributed by atoms with Gasteiger partial charge >= 0.3 is 0 Å². The number of hydrogen-bond acceptors (Lipinski definition) is 7. The van der Waals surface area contributed by atoms with Gasteiger partial charge in [-0.15, -0.1) is 5.10 Å². The molecule has 36 heavy (non-hydrogen) atoms. The number of pyridine rings is 1. The maximum absolute atomic E-state index is 13.5. The van der Waals surface area contributed by atoms with Crippen molar-refractivity contribution in [2.45, 2.75) is 76.9 Å². The van der Waals surface area contributed by atoms with Crippen LogP contribution in [0.2, 0.25) is 0 Å². The van der Waals surface area contributed by atoms with E-state index in [0.717, 1.165) is 55.1 Å². The zero-order chi connectivity index (χ0) is 25.3. The first-order valence-electron chi connectivity index (χ1n) is 13.4. The molecular formula is C27H39N7O2. The van der Waals surface area contributed by atoms with Crippen LogP contribution in [0.5, 0.6) is 5.75 Å². The van der Waals surface area contributed by atoms with E-state index in [4.69, 9.17) is 4.74 Å². The van der Waals surface area contributed by atoms with Crippen molar-refractivity contribution in [1.82, 2.24) is 35.0 Å². The van der Waals surface area contributed by atoms with Crippen LogP contribution in [0.3, 0.4) is 0 Å². The number of fused-ring (bicyclic) bond motifs is 1. The number of H-pyrrole nitrogens is 1. The fraction of sp³-hybridized carbons (Fsp3) is 0.630. The van der Waals surface area contributed by atoms with Crippen molar-refractivity contribution in [3.63, 3.8) is 0 Å². The topological polar surface area (TPSA) is 92.2 Å². The molecule has 9 heteroatoms. The van der Waals surface area contributed by atoms with Crippen LogP contribution in [0, 0.1) is 0 Å². The Bertz CT molecular complexity index is 1240. The first-order valence-corrected chi connectivity index (χ1v) is 13.4. The third-order valence-electron chi connectivity index (χ3n) is 8.36. The average Bonchev–Trinajstić information content (AvgIpc) is 3.40. The first kappa shape index (κ1) is 24.9. The average molecular weight is 494 g/mol. The van der Waals surface area contributed by atoms with E-state index in [2.05, 4.69) is 51.1 Å². The smallest absolute Gasteiger partial charge is 0.253 e. The lowest BCUT2D eigenvalue weighted by Crippen LogP contribution is -2.52. The van der Waals surface area contributed by atoms with Gasteiger partial charge in [-0.05, 0) is 67.1 Å². The molecule has 0 bridgehead atoms. The summed E-state index contributed by atoms with van der Waals surface area (Å²) in [6.45, 7) is 10.2. The van der Waals surface area contributed by atoms with Gasteiger partial charge in [0.05, 0.1) is 18.2 Å². The largest absolute Gasteiger partial charge is 0.497 e. The molecule has 1 aliphatic carbocycles. The first-order chi connectivity index (χ1) is 17.4. The third kappa shape index (κ3) is 4.78. The number of aromatic nitrogens is 5. The zero-order valence-electron chi connectivity index (χ0n) is 22.0. The maximum Gasteiger partial charge on any atom is 0.253 e. The van der Waals surface area contributed by atoms with E-state index in [0.29, 0.717) is 11.6 Å². The summed E-state index contributed by atoms with van der Waals surface area (Å²) in [7, 11) is 1.63. The van der Waals surface area contributed by atoms with Gasteiger partial charge in [0.2, 0.25) is 0 Å². The lowest BCUT2D eigenvalue weighted by Gasteiger charge is -2.43. The number of ether oxygens (including phenoxy) is 1. The minimum absolute atomic E-state index is 0.112. The van der Waals surface area contributed by atoms with Crippen LogP contribution in [0.25, 0.3) is 10.9 Å². The lowest BCUT2D eigenvalue weighted by atomic mass is 9.93. The van der Waals surface area contributed by atoms with Crippen molar-refractivity contribution in [3.8, 4) is 5.75 Å². The fourth-order valence-electron chi connectivity index (χ4n) is 5.78. The van der Waals surface area contributed by atoms with Crippen LogP contribution in [0.4, 0.5) is 0 Å². The van der Waals surface area contributed by atoms with E-state index in [9.17, 15) is 4.79 Å². The van der Waals surface area contributed by atoms with Gasteiger partial charge < -0.3 is 9.72 Å². The molecule has 1 atom stereocenters. The Kier molecular flexibility index (Phi) is 7.12. The lowest BCUT2D eigenvalue weighted by molar-refractivity contribution is 0.0603. The number of tetrazole rings is 1. The highest BCUT2D eigenvalue weighted by molar-refractivity contribution is 5.80. The van der Waals surface area contributed by atoms with E-state index >= 15 is 0 Å². The van der Waals surface area contributed by atoms with Gasteiger partial charge in [-0.1, -0.05) is 26.2 Å². The van der Waals surface area contributed by atoms with Crippen molar-refractivity contribution < 1.29 is 4.74 Å². The van der Waals surface area contributed by atoms with E-state index in [-0.39, 0.29) is 17.1 Å². The molecule has 0 unspecified atom stereocenters. The third-order valence-corrected chi connectivity index (χ3v) is 8.36. The molecule has 2 aliphatic rings. The molecule has 2 aromatic heterocycles. The van der Waals surface area contributed by atoms with Crippen molar-refractivity contribution in [3.05, 3.63) is 46.0 Å². The van der Waals surface area contributed by atoms with E-state index in [1.165, 1.54) is 32.1 Å². The highest BCUT2D eigenvalue weighted by Gasteiger charge is 2.36. The van der Waals surface area contributed by atoms with Crippen molar-refractivity contribution >= 4 is 10.9 Å². The van der Waals surface area contributed by atoms with Gasteiger partial charge in [0.25, 0.3) is 5.56 Å². The predicted molar refractivity (Wildman–Crippen MR) is 140 cm³/mol. The number of nitrogens with zero attached hydrogens (tertiary/aromatic N) is 6. The normalized spacial score (nSPS) is 19.6. The van der Waals surface area contributed by atoms with E-state index < -0.39 is 0 Å². The monoisotopic (exact) mass is 493 g/mol. The molecule has 1 aromatic carbocycles. The highest BCUT2D eigenvalue weighted by atomic mass is 16.5. The molecule has 0 radical (unpaired) electrons. The van der Waals surface area contributed by atoms with Gasteiger partial charge in [-0.25, -0.2) is 4.68 Å². The molecule has 0 spiro atoms. The van der Waals surface area contributed by atoms with Crippen LogP contribution in [0.15, 0.2) is 29.1 Å².